The molecule has 1 rings (SSSR count). The van der Waals surface area contributed by atoms with Gasteiger partial charge in [-0.25, -0.2) is 4.39 Å². The third-order valence-corrected chi connectivity index (χ3v) is 2.13. The second-order valence-electron chi connectivity index (χ2n) is 3.20. The second-order valence-corrected chi connectivity index (χ2v) is 3.20. The molecular formula is C11H21FN2. The molecular weight excluding hydrogens is 179 g/mol. The smallest absolute Gasteiger partial charge is 0.146 e. The molecule has 0 saturated carbocycles. The zero-order valence-electron chi connectivity index (χ0n) is 8.73. The summed E-state index contributed by atoms with van der Waals surface area (Å²) < 4.78 is 13.4. The zero-order valence-corrected chi connectivity index (χ0v) is 8.73. The van der Waals surface area contributed by atoms with Crippen LogP contribution in [-0.4, -0.2) is 20.1 Å². The van der Waals surface area contributed by atoms with Crippen LogP contribution in [0.2, 0.25) is 0 Å². The first-order chi connectivity index (χ1) is 6.77. The lowest BCUT2D eigenvalue weighted by atomic mass is 10.1. The Morgan fingerprint density at radius 3 is 2.71 bits per heavy atom. The zero-order chi connectivity index (χ0) is 10.4. The average molecular weight is 200 g/mol. The molecule has 0 aliphatic heterocycles. The Kier molecular flexibility index (Phi) is 4.40. The third kappa shape index (κ3) is 3.00. The maximum Gasteiger partial charge on any atom is 0.146 e. The summed E-state index contributed by atoms with van der Waals surface area (Å²) in [5.74, 6) is -0.166. The van der Waals surface area contributed by atoms with Crippen molar-refractivity contribution in [3.05, 3.63) is 29.6 Å². The number of hydrogen-bond acceptors (Lipinski definition) is 2. The Morgan fingerprint density at radius 2 is 2.14 bits per heavy atom. The van der Waals surface area contributed by atoms with Gasteiger partial charge < -0.3 is 10.6 Å². The molecule has 2 N–H and O–H groups in total. The van der Waals surface area contributed by atoms with Crippen molar-refractivity contribution in [2.24, 2.45) is 0 Å². The van der Waals surface area contributed by atoms with Crippen molar-refractivity contribution in [2.75, 3.05) is 25.5 Å². The monoisotopic (exact) mass is 200 g/mol. The second kappa shape index (κ2) is 5.60. The average Bonchev–Trinajstić information content (AvgIpc) is 2.20. The van der Waals surface area contributed by atoms with Crippen molar-refractivity contribution in [1.82, 2.24) is 5.32 Å². The van der Waals surface area contributed by atoms with E-state index in [9.17, 15) is 4.39 Å². The minimum Gasteiger partial charge on any atom is -0.381 e. The van der Waals surface area contributed by atoms with E-state index in [0.717, 1.165) is 25.1 Å². The molecule has 0 aliphatic carbocycles. The number of anilines is 1. The van der Waals surface area contributed by atoms with Crippen molar-refractivity contribution < 1.29 is 7.24 Å². The Morgan fingerprint density at radius 1 is 1.36 bits per heavy atom. The van der Waals surface area contributed by atoms with Crippen LogP contribution >= 0.6 is 0 Å². The Hall–Kier alpha value is -1.09. The van der Waals surface area contributed by atoms with Gasteiger partial charge in [-0.15, -0.1) is 0 Å². The van der Waals surface area contributed by atoms with E-state index in [4.69, 9.17) is 0 Å². The molecule has 0 atom stereocenters. The minimum atomic E-state index is -0.166. The Bertz CT molecular complexity index is 295. The predicted octanol–water partition coefficient (Wildman–Crippen LogP) is 2.51. The molecule has 0 saturated heterocycles. The molecule has 0 aromatic heterocycles. The van der Waals surface area contributed by atoms with Crippen LogP contribution in [0.1, 0.15) is 15.3 Å². The highest BCUT2D eigenvalue weighted by Crippen LogP contribution is 2.15. The molecule has 82 valence electrons. The van der Waals surface area contributed by atoms with E-state index in [-0.39, 0.29) is 8.67 Å². The summed E-state index contributed by atoms with van der Waals surface area (Å²) in [6.07, 6.45) is 0.869. The summed E-state index contributed by atoms with van der Waals surface area (Å²) in [5, 5.41) is 6.02. The van der Waals surface area contributed by atoms with Gasteiger partial charge in [0.1, 0.15) is 5.82 Å². The fourth-order valence-corrected chi connectivity index (χ4v) is 1.24. The molecule has 0 heterocycles. The van der Waals surface area contributed by atoms with Crippen molar-refractivity contribution in [3.63, 3.8) is 0 Å². The highest BCUT2D eigenvalue weighted by molar-refractivity contribution is 5.46. The number of halogens is 1. The highest BCUT2D eigenvalue weighted by atomic mass is 19.1. The number of rotatable bonds is 5. The van der Waals surface area contributed by atoms with Crippen LogP contribution in [0.5, 0.6) is 0 Å². The Balaban J connectivity index is 0. The molecule has 3 heteroatoms. The standard InChI is InChI=1S/C11H17FN2.2H2/c1-3-9-4-5-11(10(12)8-9)14-7-6-13-2;;/h4-5,8,13-14H,3,6-7H2,1-2H3;2*1H. The maximum absolute atomic E-state index is 13.4. The molecule has 0 aliphatic rings. The maximum atomic E-state index is 13.4. The van der Waals surface area contributed by atoms with Crippen molar-refractivity contribution in [2.45, 2.75) is 13.3 Å². The predicted molar refractivity (Wildman–Crippen MR) is 62.4 cm³/mol. The molecule has 0 amide bonds. The molecule has 1 aromatic rings. The van der Waals surface area contributed by atoms with E-state index in [2.05, 4.69) is 10.6 Å². The molecule has 0 radical (unpaired) electrons. The number of nitrogens with one attached hydrogen (secondary N) is 2. The van der Waals surface area contributed by atoms with Gasteiger partial charge in [0.15, 0.2) is 0 Å². The quantitative estimate of drug-likeness (QED) is 0.714. The van der Waals surface area contributed by atoms with Gasteiger partial charge in [-0.3, -0.25) is 0 Å². The first-order valence-electron chi connectivity index (χ1n) is 4.94. The number of benzene rings is 1. The number of aryl methyl sites for hydroxylation is 1. The third-order valence-electron chi connectivity index (χ3n) is 2.13. The van der Waals surface area contributed by atoms with Crippen LogP contribution in [0.4, 0.5) is 10.1 Å². The van der Waals surface area contributed by atoms with Gasteiger partial charge >= 0.3 is 0 Å². The molecule has 0 bridgehead atoms. The van der Waals surface area contributed by atoms with Crippen LogP contribution in [0.3, 0.4) is 0 Å². The van der Waals surface area contributed by atoms with Crippen LogP contribution < -0.4 is 10.6 Å². The van der Waals surface area contributed by atoms with Gasteiger partial charge in [0, 0.05) is 15.9 Å². The molecule has 0 unspecified atom stereocenters. The van der Waals surface area contributed by atoms with Gasteiger partial charge in [0.05, 0.1) is 5.69 Å². The molecule has 0 spiro atoms. The van der Waals surface area contributed by atoms with Gasteiger partial charge in [-0.2, -0.15) is 0 Å². The van der Waals surface area contributed by atoms with Crippen LogP contribution in [0, 0.1) is 5.82 Å². The van der Waals surface area contributed by atoms with Gasteiger partial charge in [0.25, 0.3) is 0 Å². The van der Waals surface area contributed by atoms with E-state index in [1.807, 2.05) is 20.0 Å². The van der Waals surface area contributed by atoms with Gasteiger partial charge in [-0.1, -0.05) is 13.0 Å². The van der Waals surface area contributed by atoms with E-state index >= 15 is 0 Å². The summed E-state index contributed by atoms with van der Waals surface area (Å²) in [4.78, 5) is 0. The van der Waals surface area contributed by atoms with E-state index in [1.165, 1.54) is 0 Å². The summed E-state index contributed by atoms with van der Waals surface area (Å²) in [6.45, 7) is 3.58. The molecule has 0 fully saturated rings. The lowest BCUT2D eigenvalue weighted by Crippen LogP contribution is -2.18. The summed E-state index contributed by atoms with van der Waals surface area (Å²) in [5.41, 5.74) is 1.61. The lowest BCUT2D eigenvalue weighted by molar-refractivity contribution is 0.627. The first kappa shape index (κ1) is 11.0. The SMILES string of the molecule is CCc1ccc(NCCNC)c(F)c1.[HH].[HH]. The largest absolute Gasteiger partial charge is 0.381 e. The Labute approximate surface area is 87.5 Å². The van der Waals surface area contributed by atoms with Crippen LogP contribution in [0.25, 0.3) is 0 Å². The van der Waals surface area contributed by atoms with Crippen molar-refractivity contribution in [3.8, 4) is 0 Å². The normalized spacial score (nSPS) is 10.2. The summed E-state index contributed by atoms with van der Waals surface area (Å²) >= 11 is 0. The lowest BCUT2D eigenvalue weighted by Gasteiger charge is -2.07. The highest BCUT2D eigenvalue weighted by Gasteiger charge is 2.01. The van der Waals surface area contributed by atoms with Gasteiger partial charge in [0.2, 0.25) is 0 Å². The van der Waals surface area contributed by atoms with Crippen LogP contribution in [-0.2, 0) is 6.42 Å². The first-order valence-corrected chi connectivity index (χ1v) is 4.94. The summed E-state index contributed by atoms with van der Waals surface area (Å²) in [7, 11) is 1.87. The van der Waals surface area contributed by atoms with Crippen LogP contribution in [0.15, 0.2) is 18.2 Å². The molecule has 14 heavy (non-hydrogen) atoms. The van der Waals surface area contributed by atoms with Crippen molar-refractivity contribution >= 4 is 5.69 Å². The van der Waals surface area contributed by atoms with E-state index in [0.29, 0.717) is 5.69 Å². The van der Waals surface area contributed by atoms with E-state index < -0.39 is 0 Å². The number of likely N-dealkylation sites (N-methyl/N-ethyl adjacent to an activating group) is 1. The van der Waals surface area contributed by atoms with Crippen molar-refractivity contribution in [1.29, 1.82) is 0 Å². The van der Waals surface area contributed by atoms with E-state index in [1.54, 1.807) is 12.1 Å². The number of hydrogen-bond donors (Lipinski definition) is 2. The summed E-state index contributed by atoms with van der Waals surface area (Å²) in [6, 6.07) is 5.33. The molecule has 2 nitrogen and oxygen atoms in total. The fourth-order valence-electron chi connectivity index (χ4n) is 1.24. The molecule has 1 aromatic carbocycles. The fraction of sp³-hybridized carbons (Fsp3) is 0.455. The van der Waals surface area contributed by atoms with Gasteiger partial charge in [-0.05, 0) is 31.2 Å². The topological polar surface area (TPSA) is 24.1 Å². The minimum absolute atomic E-state index is 0.